The maximum absolute atomic E-state index is 5.65. The molecule has 0 fully saturated rings. The molecule has 0 saturated carbocycles. The van der Waals surface area contributed by atoms with Gasteiger partial charge in [0.1, 0.15) is 0 Å². The van der Waals surface area contributed by atoms with E-state index in [4.69, 9.17) is 24.7 Å². The monoisotopic (exact) mass is 236 g/mol. The van der Waals surface area contributed by atoms with E-state index in [0.29, 0.717) is 19.0 Å². The van der Waals surface area contributed by atoms with Crippen LogP contribution in [0.3, 0.4) is 0 Å². The van der Waals surface area contributed by atoms with Gasteiger partial charge in [0.05, 0.1) is 0 Å². The van der Waals surface area contributed by atoms with Crippen molar-refractivity contribution in [2.75, 3.05) is 34.4 Å². The van der Waals surface area contributed by atoms with Crippen LogP contribution in [0, 0.1) is 5.92 Å². The third-order valence-corrected chi connectivity index (χ3v) is 5.47. The summed E-state index contributed by atoms with van der Waals surface area (Å²) in [6.45, 7) is 1.32. The summed E-state index contributed by atoms with van der Waals surface area (Å²) < 4.78 is 16.0. The smallest absolute Gasteiger partial charge is 0.377 e. The summed E-state index contributed by atoms with van der Waals surface area (Å²) in [7, 11) is 2.45. The molecule has 0 radical (unpaired) electrons. The Bertz CT molecular complexity index is 148. The molecule has 0 aromatic rings. The Kier molecular flexibility index (Phi) is 8.21. The lowest BCUT2D eigenvalue weighted by atomic mass is 10.0. The first-order valence-electron chi connectivity index (χ1n) is 5.23. The van der Waals surface area contributed by atoms with Gasteiger partial charge in [-0.05, 0) is 31.8 Å². The predicted octanol–water partition coefficient (Wildman–Crippen LogP) is 0.178. The molecule has 1 unspecified atom stereocenters. The van der Waals surface area contributed by atoms with Crippen molar-refractivity contribution in [2.45, 2.75) is 18.9 Å². The highest BCUT2D eigenvalue weighted by Gasteiger charge is 2.37. The van der Waals surface area contributed by atoms with Crippen LogP contribution in [0.25, 0.3) is 0 Å². The first kappa shape index (κ1) is 15.0. The predicted molar refractivity (Wildman–Crippen MR) is 62.4 cm³/mol. The molecule has 0 aliphatic carbocycles. The summed E-state index contributed by atoms with van der Waals surface area (Å²) in [5, 5.41) is 0. The van der Waals surface area contributed by atoms with E-state index < -0.39 is 8.80 Å². The lowest BCUT2D eigenvalue weighted by Gasteiger charge is -2.26. The Morgan fingerprint density at radius 1 is 1.00 bits per heavy atom. The zero-order chi connectivity index (χ0) is 11.7. The lowest BCUT2D eigenvalue weighted by molar-refractivity contribution is 0.121. The Labute approximate surface area is 93.4 Å². The Morgan fingerprint density at radius 3 is 1.87 bits per heavy atom. The third-order valence-electron chi connectivity index (χ3n) is 2.70. The molecule has 0 saturated heterocycles. The second-order valence-corrected chi connectivity index (χ2v) is 6.60. The zero-order valence-corrected chi connectivity index (χ0v) is 11.0. The van der Waals surface area contributed by atoms with Crippen molar-refractivity contribution in [2.24, 2.45) is 17.4 Å². The summed E-state index contributed by atoms with van der Waals surface area (Å²) in [5.74, 6) is 0.433. The van der Waals surface area contributed by atoms with Crippen LogP contribution in [0.1, 0.15) is 12.8 Å². The molecular formula is C9H24N2O3Si. The molecule has 6 heteroatoms. The van der Waals surface area contributed by atoms with Crippen LogP contribution < -0.4 is 11.5 Å². The van der Waals surface area contributed by atoms with E-state index in [9.17, 15) is 0 Å². The SMILES string of the molecule is CO[Si](CCC(CN)CCN)(OC)OC. The molecular weight excluding hydrogens is 212 g/mol. The van der Waals surface area contributed by atoms with Crippen LogP contribution in [-0.4, -0.2) is 43.2 Å². The van der Waals surface area contributed by atoms with Gasteiger partial charge in [0.25, 0.3) is 0 Å². The fourth-order valence-corrected chi connectivity index (χ4v) is 3.43. The molecule has 0 aromatic carbocycles. The zero-order valence-electron chi connectivity index (χ0n) is 9.99. The molecule has 0 amide bonds. The molecule has 0 heterocycles. The van der Waals surface area contributed by atoms with Crippen LogP contribution in [0.2, 0.25) is 6.04 Å². The van der Waals surface area contributed by atoms with Crippen LogP contribution >= 0.6 is 0 Å². The minimum Gasteiger partial charge on any atom is -0.377 e. The number of hydrogen-bond acceptors (Lipinski definition) is 5. The summed E-state index contributed by atoms with van der Waals surface area (Å²) >= 11 is 0. The van der Waals surface area contributed by atoms with Gasteiger partial charge in [-0.1, -0.05) is 0 Å². The maximum atomic E-state index is 5.65. The minimum atomic E-state index is -2.42. The Hall–Kier alpha value is 0.0169. The van der Waals surface area contributed by atoms with E-state index in [-0.39, 0.29) is 0 Å². The molecule has 92 valence electrons. The van der Waals surface area contributed by atoms with Crippen molar-refractivity contribution in [1.82, 2.24) is 0 Å². The highest BCUT2D eigenvalue weighted by molar-refractivity contribution is 6.60. The quantitative estimate of drug-likeness (QED) is 0.558. The van der Waals surface area contributed by atoms with Gasteiger partial charge < -0.3 is 24.7 Å². The van der Waals surface area contributed by atoms with E-state index in [1.807, 2.05) is 0 Å². The van der Waals surface area contributed by atoms with Gasteiger partial charge in [-0.2, -0.15) is 0 Å². The molecule has 1 atom stereocenters. The van der Waals surface area contributed by atoms with Crippen molar-refractivity contribution in [1.29, 1.82) is 0 Å². The first-order chi connectivity index (χ1) is 7.17. The lowest BCUT2D eigenvalue weighted by Crippen LogP contribution is -2.43. The van der Waals surface area contributed by atoms with Gasteiger partial charge >= 0.3 is 8.80 Å². The Morgan fingerprint density at radius 2 is 1.53 bits per heavy atom. The van der Waals surface area contributed by atoms with Gasteiger partial charge in [0.2, 0.25) is 0 Å². The minimum absolute atomic E-state index is 0.433. The van der Waals surface area contributed by atoms with Crippen molar-refractivity contribution in [3.05, 3.63) is 0 Å². The van der Waals surface area contributed by atoms with Crippen molar-refractivity contribution >= 4 is 8.80 Å². The van der Waals surface area contributed by atoms with E-state index >= 15 is 0 Å². The summed E-state index contributed by atoms with van der Waals surface area (Å²) in [4.78, 5) is 0. The fourth-order valence-electron chi connectivity index (χ4n) is 1.55. The highest BCUT2D eigenvalue weighted by atomic mass is 28.4. The van der Waals surface area contributed by atoms with Gasteiger partial charge in [-0.25, -0.2) is 0 Å². The van der Waals surface area contributed by atoms with Gasteiger partial charge in [-0.15, -0.1) is 0 Å². The Balaban J connectivity index is 4.06. The summed E-state index contributed by atoms with van der Waals surface area (Å²) in [5.41, 5.74) is 11.2. The fraction of sp³-hybridized carbons (Fsp3) is 1.00. The van der Waals surface area contributed by atoms with E-state index in [0.717, 1.165) is 18.9 Å². The normalized spacial score (nSPS) is 14.2. The highest BCUT2D eigenvalue weighted by Crippen LogP contribution is 2.20. The number of nitrogens with two attached hydrogens (primary N) is 2. The van der Waals surface area contributed by atoms with E-state index in [2.05, 4.69) is 0 Å². The third kappa shape index (κ3) is 5.05. The molecule has 0 spiro atoms. The number of hydrogen-bond donors (Lipinski definition) is 2. The second-order valence-electron chi connectivity index (χ2n) is 3.51. The average molecular weight is 236 g/mol. The van der Waals surface area contributed by atoms with Crippen molar-refractivity contribution < 1.29 is 13.3 Å². The van der Waals surface area contributed by atoms with Crippen molar-refractivity contribution in [3.63, 3.8) is 0 Å². The average Bonchev–Trinajstić information content (AvgIpc) is 2.30. The van der Waals surface area contributed by atoms with Gasteiger partial charge in [0.15, 0.2) is 0 Å². The maximum Gasteiger partial charge on any atom is 0.500 e. The molecule has 0 bridgehead atoms. The molecule has 0 aliphatic heterocycles. The molecule has 0 aromatic heterocycles. The summed E-state index contributed by atoms with van der Waals surface area (Å²) in [6.07, 6.45) is 1.88. The van der Waals surface area contributed by atoms with Gasteiger partial charge in [-0.3, -0.25) is 0 Å². The molecule has 4 N–H and O–H groups in total. The van der Waals surface area contributed by atoms with Gasteiger partial charge in [0, 0.05) is 27.4 Å². The second kappa shape index (κ2) is 8.20. The van der Waals surface area contributed by atoms with E-state index in [1.54, 1.807) is 21.3 Å². The molecule has 15 heavy (non-hydrogen) atoms. The number of rotatable bonds is 9. The topological polar surface area (TPSA) is 79.7 Å². The van der Waals surface area contributed by atoms with E-state index in [1.165, 1.54) is 0 Å². The van der Waals surface area contributed by atoms with Crippen LogP contribution in [0.15, 0.2) is 0 Å². The molecule has 0 aliphatic rings. The summed E-state index contributed by atoms with van der Waals surface area (Å²) in [6, 6.07) is 0.790. The van der Waals surface area contributed by atoms with Crippen LogP contribution in [0.4, 0.5) is 0 Å². The van der Waals surface area contributed by atoms with Crippen LogP contribution in [-0.2, 0) is 13.3 Å². The first-order valence-corrected chi connectivity index (χ1v) is 7.16. The van der Waals surface area contributed by atoms with Crippen molar-refractivity contribution in [3.8, 4) is 0 Å². The molecule has 0 rings (SSSR count). The standard InChI is InChI=1S/C9H24N2O3Si/c1-12-15(13-2,14-3)7-5-9(8-11)4-6-10/h9H,4-8,10-11H2,1-3H3. The largest absolute Gasteiger partial charge is 0.500 e. The molecule has 5 nitrogen and oxygen atoms in total. The van der Waals surface area contributed by atoms with Crippen LogP contribution in [0.5, 0.6) is 0 Å².